The third-order valence-corrected chi connectivity index (χ3v) is 1.25. The van der Waals surface area contributed by atoms with E-state index in [0.717, 1.165) is 11.0 Å². The van der Waals surface area contributed by atoms with Crippen LogP contribution in [-0.4, -0.2) is 38.8 Å². The Kier molecular flexibility index (Phi) is 9.13. The molecule has 54 valence electrons. The molecule has 0 aliphatic rings. The molecule has 0 rings (SSSR count). The Labute approximate surface area is 85.9 Å². The van der Waals surface area contributed by atoms with Gasteiger partial charge in [0.05, 0.1) is 21.1 Å². The zero-order valence-corrected chi connectivity index (χ0v) is 10.2. The van der Waals surface area contributed by atoms with Gasteiger partial charge in [0.1, 0.15) is 6.54 Å². The molecule has 0 N–H and O–H groups in total. The van der Waals surface area contributed by atoms with E-state index >= 15 is 0 Å². The standard InChI is InChI=1S/C5H14NO2P.Na/c1-6(2,3)4-5-8-9-7;/h9H,4-5H2,1-3H3;/q+2;+1. The maximum absolute atomic E-state index is 9.81. The molecule has 0 saturated carbocycles. The van der Waals surface area contributed by atoms with E-state index in [0.29, 0.717) is 6.61 Å². The molecule has 0 radical (unpaired) electrons. The van der Waals surface area contributed by atoms with Crippen LogP contribution in [0, 0.1) is 0 Å². The Bertz CT molecular complexity index is 94.1. The Hall–Kier alpha value is 1.02. The molecule has 1 unspecified atom stereocenters. The van der Waals surface area contributed by atoms with E-state index in [1.807, 2.05) is 0 Å². The van der Waals surface area contributed by atoms with E-state index in [1.54, 1.807) is 0 Å². The Morgan fingerprint density at radius 3 is 2.20 bits per heavy atom. The van der Waals surface area contributed by atoms with Crippen molar-refractivity contribution in [3.8, 4) is 0 Å². The average Bonchev–Trinajstić information content (AvgIpc) is 1.63. The average molecular weight is 174 g/mol. The molecule has 0 bridgehead atoms. The van der Waals surface area contributed by atoms with Crippen LogP contribution in [0.15, 0.2) is 0 Å². The molecule has 0 spiro atoms. The fraction of sp³-hybridized carbons (Fsp3) is 1.00. The maximum Gasteiger partial charge on any atom is 1.00 e. The summed E-state index contributed by atoms with van der Waals surface area (Å²) in [5, 5.41) is 0. The topological polar surface area (TPSA) is 26.3 Å². The number of likely N-dealkylation sites (N-methyl/N-ethyl adjacent to an activating group) is 1. The first-order chi connectivity index (χ1) is 4.06. The molecule has 0 fully saturated rings. The number of hydrogen-bond donors (Lipinski definition) is 0. The van der Waals surface area contributed by atoms with Crippen LogP contribution in [0.1, 0.15) is 0 Å². The number of rotatable bonds is 4. The summed E-state index contributed by atoms with van der Waals surface area (Å²) in [4.78, 5) is 0. The van der Waals surface area contributed by atoms with Gasteiger partial charge in [-0.25, -0.2) is 0 Å². The first-order valence-electron chi connectivity index (χ1n) is 2.85. The second-order valence-electron chi connectivity index (χ2n) is 2.95. The van der Waals surface area contributed by atoms with E-state index in [1.165, 1.54) is 0 Å². The van der Waals surface area contributed by atoms with Crippen LogP contribution in [0.25, 0.3) is 0 Å². The Morgan fingerprint density at radius 1 is 1.40 bits per heavy atom. The Morgan fingerprint density at radius 2 is 1.90 bits per heavy atom. The predicted octanol–water partition coefficient (Wildman–Crippen LogP) is -2.35. The maximum atomic E-state index is 9.81. The van der Waals surface area contributed by atoms with Crippen LogP contribution in [-0.2, 0) is 9.09 Å². The third-order valence-electron chi connectivity index (χ3n) is 0.923. The van der Waals surface area contributed by atoms with Gasteiger partial charge < -0.3 is 4.48 Å². The van der Waals surface area contributed by atoms with E-state index in [2.05, 4.69) is 25.7 Å². The molecule has 0 aromatic heterocycles. The minimum Gasteiger partial charge on any atom is -0.329 e. The molecule has 0 amide bonds. The van der Waals surface area contributed by atoms with Crippen molar-refractivity contribution >= 4 is 8.69 Å². The second kappa shape index (κ2) is 6.71. The molecule has 3 nitrogen and oxygen atoms in total. The van der Waals surface area contributed by atoms with Gasteiger partial charge in [-0.1, -0.05) is 0 Å². The molecule has 0 aliphatic carbocycles. The minimum absolute atomic E-state index is 0. The number of hydrogen-bond acceptors (Lipinski definition) is 2. The molecule has 10 heavy (non-hydrogen) atoms. The van der Waals surface area contributed by atoms with Gasteiger partial charge in [0.15, 0.2) is 6.61 Å². The Balaban J connectivity index is 0. The van der Waals surface area contributed by atoms with Crippen LogP contribution in [0.5, 0.6) is 0 Å². The van der Waals surface area contributed by atoms with Crippen molar-refractivity contribution in [3.05, 3.63) is 0 Å². The van der Waals surface area contributed by atoms with Crippen molar-refractivity contribution in [3.63, 3.8) is 0 Å². The summed E-state index contributed by atoms with van der Waals surface area (Å²) in [6.45, 7) is 1.47. The van der Waals surface area contributed by atoms with Gasteiger partial charge in [-0.05, 0) is 4.57 Å². The van der Waals surface area contributed by atoms with E-state index in [9.17, 15) is 4.57 Å². The van der Waals surface area contributed by atoms with E-state index in [4.69, 9.17) is 0 Å². The number of quaternary nitrogens is 1. The number of nitrogens with zero attached hydrogens (tertiary/aromatic N) is 1. The molecule has 0 aromatic rings. The van der Waals surface area contributed by atoms with Gasteiger partial charge in [0.25, 0.3) is 0 Å². The van der Waals surface area contributed by atoms with Crippen LogP contribution >= 0.6 is 8.69 Å². The van der Waals surface area contributed by atoms with Crippen molar-refractivity contribution in [2.75, 3.05) is 34.3 Å². The monoisotopic (exact) mass is 174 g/mol. The fourth-order valence-electron chi connectivity index (χ4n) is 0.361. The minimum atomic E-state index is -0.616. The summed E-state index contributed by atoms with van der Waals surface area (Å²) in [5.41, 5.74) is 0. The van der Waals surface area contributed by atoms with Crippen molar-refractivity contribution < 1.29 is 43.1 Å². The van der Waals surface area contributed by atoms with Crippen molar-refractivity contribution in [2.24, 2.45) is 0 Å². The van der Waals surface area contributed by atoms with E-state index in [-0.39, 0.29) is 29.6 Å². The molecule has 0 aliphatic heterocycles. The van der Waals surface area contributed by atoms with Gasteiger partial charge in [-0.2, -0.15) is 0 Å². The molecular weight excluding hydrogens is 160 g/mol. The summed E-state index contributed by atoms with van der Waals surface area (Å²) in [7, 11) is 5.58. The third kappa shape index (κ3) is 11.8. The van der Waals surface area contributed by atoms with Gasteiger partial charge in [0, 0.05) is 0 Å². The van der Waals surface area contributed by atoms with Crippen LogP contribution < -0.4 is 29.6 Å². The summed E-state index contributed by atoms with van der Waals surface area (Å²) >= 11 is 0. The molecule has 0 heterocycles. The quantitative estimate of drug-likeness (QED) is 0.206. The van der Waals surface area contributed by atoms with Gasteiger partial charge in [-0.3, -0.25) is 0 Å². The van der Waals surface area contributed by atoms with Crippen molar-refractivity contribution in [2.45, 2.75) is 0 Å². The van der Waals surface area contributed by atoms with E-state index < -0.39 is 8.69 Å². The molecule has 0 aromatic carbocycles. The summed E-state index contributed by atoms with van der Waals surface area (Å²) < 4.78 is 15.3. The predicted molar refractivity (Wildman–Crippen MR) is 37.9 cm³/mol. The first kappa shape index (κ1) is 13.6. The van der Waals surface area contributed by atoms with Crippen LogP contribution in [0.4, 0.5) is 0 Å². The van der Waals surface area contributed by atoms with Crippen LogP contribution in [0.3, 0.4) is 0 Å². The zero-order valence-electron chi connectivity index (χ0n) is 7.18. The fourth-order valence-corrected chi connectivity index (χ4v) is 0.536. The van der Waals surface area contributed by atoms with Crippen LogP contribution in [0.2, 0.25) is 0 Å². The van der Waals surface area contributed by atoms with Crippen molar-refractivity contribution in [1.82, 2.24) is 0 Å². The summed E-state index contributed by atoms with van der Waals surface area (Å²) in [5.74, 6) is 0. The van der Waals surface area contributed by atoms with Gasteiger partial charge in [0.2, 0.25) is 0 Å². The van der Waals surface area contributed by atoms with Gasteiger partial charge in [-0.15, -0.1) is 4.52 Å². The normalized spacial score (nSPS) is 11.1. The SMILES string of the molecule is C[N+](C)(C)CCO[PH+]=O.[Na+]. The zero-order chi connectivity index (χ0) is 7.33. The largest absolute Gasteiger partial charge is 1.00 e. The van der Waals surface area contributed by atoms with Gasteiger partial charge >= 0.3 is 38.2 Å². The summed E-state index contributed by atoms with van der Waals surface area (Å²) in [6.07, 6.45) is 0. The molecule has 0 saturated heterocycles. The smallest absolute Gasteiger partial charge is 0.329 e. The second-order valence-corrected chi connectivity index (χ2v) is 3.40. The molecule has 5 heteroatoms. The summed E-state index contributed by atoms with van der Waals surface area (Å²) in [6, 6.07) is 0. The van der Waals surface area contributed by atoms with Crippen molar-refractivity contribution in [1.29, 1.82) is 0 Å². The molecule has 1 atom stereocenters. The molecular formula is C5H14NNaO2P+3. The first-order valence-corrected chi connectivity index (χ1v) is 3.67.